The van der Waals surface area contributed by atoms with Crippen molar-refractivity contribution in [1.82, 2.24) is 4.90 Å². The number of nitrogens with two attached hydrogens (primary N) is 1. The van der Waals surface area contributed by atoms with Crippen LogP contribution in [0.1, 0.15) is 26.2 Å². The van der Waals surface area contributed by atoms with Gasteiger partial charge < -0.3 is 15.4 Å². The first-order chi connectivity index (χ1) is 7.56. The highest BCUT2D eigenvalue weighted by atomic mass is 16.5. The molecule has 1 aliphatic carbocycles. The zero-order valence-electron chi connectivity index (χ0n) is 10.6. The van der Waals surface area contributed by atoms with Gasteiger partial charge in [-0.1, -0.05) is 6.42 Å². The van der Waals surface area contributed by atoms with Crippen LogP contribution in [-0.4, -0.2) is 44.2 Å². The van der Waals surface area contributed by atoms with Gasteiger partial charge >= 0.3 is 0 Å². The number of hydrogen-bond acceptors (Lipinski definition) is 3. The smallest absolute Gasteiger partial charge is 0.250 e. The molecule has 3 unspecified atom stereocenters. The molecule has 0 aromatic rings. The number of nitrogens with zero attached hydrogens (tertiary/aromatic N) is 1. The van der Waals surface area contributed by atoms with E-state index in [1.54, 1.807) is 19.0 Å². The van der Waals surface area contributed by atoms with Crippen LogP contribution in [0, 0.1) is 11.8 Å². The fourth-order valence-corrected chi connectivity index (χ4v) is 2.35. The largest absolute Gasteiger partial charge is 0.368 e. The monoisotopic (exact) mass is 228 g/mol. The maximum absolute atomic E-state index is 11.6. The van der Waals surface area contributed by atoms with Crippen LogP contribution in [-0.2, 0) is 9.53 Å². The summed E-state index contributed by atoms with van der Waals surface area (Å²) in [6.07, 6.45) is 3.30. The van der Waals surface area contributed by atoms with Gasteiger partial charge in [0.2, 0.25) is 0 Å². The Bertz CT molecular complexity index is 231. The van der Waals surface area contributed by atoms with Crippen LogP contribution >= 0.6 is 0 Å². The first kappa shape index (κ1) is 13.5. The summed E-state index contributed by atoms with van der Waals surface area (Å²) < 4.78 is 5.63. The van der Waals surface area contributed by atoms with Crippen LogP contribution in [0.25, 0.3) is 0 Å². The summed E-state index contributed by atoms with van der Waals surface area (Å²) >= 11 is 0. The molecule has 0 aliphatic heterocycles. The molecule has 0 aromatic carbocycles. The molecule has 2 N–H and O–H groups in total. The average Bonchev–Trinajstić information content (AvgIpc) is 2.71. The summed E-state index contributed by atoms with van der Waals surface area (Å²) in [6.45, 7) is 3.22. The second-order valence-corrected chi connectivity index (χ2v) is 4.89. The third-order valence-electron chi connectivity index (χ3n) is 3.47. The highest BCUT2D eigenvalue weighted by Crippen LogP contribution is 2.31. The van der Waals surface area contributed by atoms with Crippen molar-refractivity contribution in [1.29, 1.82) is 0 Å². The normalized spacial score (nSPS) is 26.8. The summed E-state index contributed by atoms with van der Waals surface area (Å²) in [5, 5.41) is 0. The molecule has 1 saturated carbocycles. The molecule has 3 atom stereocenters. The van der Waals surface area contributed by atoms with Gasteiger partial charge in [-0.05, 0) is 38.1 Å². The Morgan fingerprint density at radius 1 is 1.44 bits per heavy atom. The Hall–Kier alpha value is -0.610. The molecule has 0 bridgehead atoms. The Morgan fingerprint density at radius 2 is 2.06 bits per heavy atom. The number of carbonyl (C=O) groups excluding carboxylic acids is 1. The van der Waals surface area contributed by atoms with E-state index < -0.39 is 0 Å². The van der Waals surface area contributed by atoms with E-state index in [9.17, 15) is 4.79 Å². The number of carbonyl (C=O) groups is 1. The van der Waals surface area contributed by atoms with Crippen molar-refractivity contribution in [2.75, 3.05) is 27.2 Å². The summed E-state index contributed by atoms with van der Waals surface area (Å²) in [7, 11) is 3.50. The van der Waals surface area contributed by atoms with E-state index in [4.69, 9.17) is 10.5 Å². The molecule has 0 heterocycles. The number of hydrogen-bond donors (Lipinski definition) is 1. The topological polar surface area (TPSA) is 55.6 Å². The van der Waals surface area contributed by atoms with Crippen LogP contribution in [0.15, 0.2) is 0 Å². The first-order valence-electron chi connectivity index (χ1n) is 6.09. The van der Waals surface area contributed by atoms with Gasteiger partial charge in [-0.15, -0.1) is 0 Å². The van der Waals surface area contributed by atoms with Gasteiger partial charge in [-0.25, -0.2) is 0 Å². The van der Waals surface area contributed by atoms with Gasteiger partial charge in [-0.2, -0.15) is 0 Å². The second kappa shape index (κ2) is 6.21. The lowest BCUT2D eigenvalue weighted by molar-refractivity contribution is -0.141. The predicted octanol–water partition coefficient (Wildman–Crippen LogP) is 0.855. The van der Waals surface area contributed by atoms with Crippen LogP contribution in [0.2, 0.25) is 0 Å². The summed E-state index contributed by atoms with van der Waals surface area (Å²) in [5.41, 5.74) is 5.71. The molecule has 0 saturated heterocycles. The lowest BCUT2D eigenvalue weighted by atomic mass is 9.97. The zero-order valence-corrected chi connectivity index (χ0v) is 10.6. The average molecular weight is 228 g/mol. The number of likely N-dealkylation sites (N-methyl/N-ethyl adjacent to an activating group) is 1. The maximum Gasteiger partial charge on any atom is 0.250 e. The molecule has 1 aliphatic rings. The minimum Gasteiger partial charge on any atom is -0.368 e. The van der Waals surface area contributed by atoms with Crippen molar-refractivity contribution in [2.24, 2.45) is 17.6 Å². The van der Waals surface area contributed by atoms with E-state index in [0.29, 0.717) is 18.4 Å². The van der Waals surface area contributed by atoms with Gasteiger partial charge in [0.05, 0.1) is 6.61 Å². The molecule has 4 nitrogen and oxygen atoms in total. The van der Waals surface area contributed by atoms with E-state index >= 15 is 0 Å². The van der Waals surface area contributed by atoms with Crippen LogP contribution in [0.3, 0.4) is 0 Å². The standard InChI is InChI=1S/C12H24N2O2/c1-9(12(15)14(2)3)16-8-11-6-4-5-10(11)7-13/h9-11H,4-8,13H2,1-3H3. The van der Waals surface area contributed by atoms with E-state index in [1.807, 2.05) is 6.92 Å². The van der Waals surface area contributed by atoms with Gasteiger partial charge in [0.15, 0.2) is 0 Å². The maximum atomic E-state index is 11.6. The zero-order chi connectivity index (χ0) is 12.1. The van der Waals surface area contributed by atoms with E-state index in [2.05, 4.69) is 0 Å². The minimum absolute atomic E-state index is 0.0299. The SMILES string of the molecule is CC(OCC1CCCC1CN)C(=O)N(C)C. The van der Waals surface area contributed by atoms with E-state index in [0.717, 1.165) is 6.54 Å². The summed E-state index contributed by atoms with van der Waals surface area (Å²) in [6, 6.07) is 0. The molecule has 16 heavy (non-hydrogen) atoms. The molecule has 0 aromatic heterocycles. The first-order valence-corrected chi connectivity index (χ1v) is 6.09. The lowest BCUT2D eigenvalue weighted by Crippen LogP contribution is -2.35. The molecule has 94 valence electrons. The van der Waals surface area contributed by atoms with Crippen molar-refractivity contribution in [3.63, 3.8) is 0 Å². The van der Waals surface area contributed by atoms with Crippen molar-refractivity contribution in [2.45, 2.75) is 32.3 Å². The van der Waals surface area contributed by atoms with Crippen molar-refractivity contribution >= 4 is 5.91 Å². The quantitative estimate of drug-likeness (QED) is 0.759. The molecule has 1 amide bonds. The molecular weight excluding hydrogens is 204 g/mol. The minimum atomic E-state index is -0.339. The van der Waals surface area contributed by atoms with Crippen LogP contribution in [0.5, 0.6) is 0 Å². The third kappa shape index (κ3) is 3.46. The van der Waals surface area contributed by atoms with Gasteiger partial charge in [0, 0.05) is 14.1 Å². The Kier molecular flexibility index (Phi) is 5.22. The number of ether oxygens (including phenoxy) is 1. The van der Waals surface area contributed by atoms with E-state index in [1.165, 1.54) is 19.3 Å². The van der Waals surface area contributed by atoms with Gasteiger partial charge in [0.1, 0.15) is 6.10 Å². The Labute approximate surface area is 98.1 Å². The fraction of sp³-hybridized carbons (Fsp3) is 0.917. The second-order valence-electron chi connectivity index (χ2n) is 4.89. The molecule has 1 fully saturated rings. The highest BCUT2D eigenvalue weighted by molar-refractivity contribution is 5.79. The Balaban J connectivity index is 2.31. The highest BCUT2D eigenvalue weighted by Gasteiger charge is 2.27. The van der Waals surface area contributed by atoms with Gasteiger partial charge in [-0.3, -0.25) is 4.79 Å². The van der Waals surface area contributed by atoms with Crippen LogP contribution in [0.4, 0.5) is 0 Å². The summed E-state index contributed by atoms with van der Waals surface area (Å²) in [4.78, 5) is 13.1. The lowest BCUT2D eigenvalue weighted by Gasteiger charge is -2.22. The van der Waals surface area contributed by atoms with Crippen LogP contribution < -0.4 is 5.73 Å². The molecular formula is C12H24N2O2. The predicted molar refractivity (Wildman–Crippen MR) is 64.0 cm³/mol. The third-order valence-corrected chi connectivity index (χ3v) is 3.47. The molecule has 4 heteroatoms. The number of amides is 1. The van der Waals surface area contributed by atoms with E-state index in [-0.39, 0.29) is 12.0 Å². The summed E-state index contributed by atoms with van der Waals surface area (Å²) in [5.74, 6) is 1.16. The van der Waals surface area contributed by atoms with Gasteiger partial charge in [0.25, 0.3) is 5.91 Å². The van der Waals surface area contributed by atoms with Crippen molar-refractivity contribution in [3.8, 4) is 0 Å². The number of rotatable bonds is 5. The van der Waals surface area contributed by atoms with Crippen molar-refractivity contribution in [3.05, 3.63) is 0 Å². The molecule has 0 spiro atoms. The Morgan fingerprint density at radius 3 is 2.62 bits per heavy atom. The van der Waals surface area contributed by atoms with Crippen molar-refractivity contribution < 1.29 is 9.53 Å². The molecule has 1 rings (SSSR count). The fourth-order valence-electron chi connectivity index (χ4n) is 2.35. The molecule has 0 radical (unpaired) electrons.